The van der Waals surface area contributed by atoms with E-state index in [1.165, 1.54) is 0 Å². The predicted molar refractivity (Wildman–Crippen MR) is 57.4 cm³/mol. The van der Waals surface area contributed by atoms with Gasteiger partial charge in [-0.25, -0.2) is 4.68 Å². The smallest absolute Gasteiger partial charge is 0.224 e. The molecule has 1 aromatic rings. The molecule has 1 heterocycles. The molecule has 0 bridgehead atoms. The second-order valence-corrected chi connectivity index (χ2v) is 3.85. The molecule has 84 valence electrons. The van der Waals surface area contributed by atoms with Crippen molar-refractivity contribution in [2.45, 2.75) is 33.7 Å². The minimum Gasteiger partial charge on any atom is -0.359 e. The van der Waals surface area contributed by atoms with Gasteiger partial charge >= 0.3 is 0 Å². The molecule has 0 saturated carbocycles. The first-order valence-corrected chi connectivity index (χ1v) is 5.09. The molecule has 0 radical (unpaired) electrons. The molecule has 2 atom stereocenters. The summed E-state index contributed by atoms with van der Waals surface area (Å²) in [4.78, 5) is 11.5. The fourth-order valence-corrected chi connectivity index (χ4v) is 1.47. The Bertz CT molecular complexity index is 358. The predicted octanol–water partition coefficient (Wildman–Crippen LogP) is 0.838. The number of nitrogens with one attached hydrogen (secondary N) is 1. The van der Waals surface area contributed by atoms with Gasteiger partial charge in [-0.2, -0.15) is 0 Å². The summed E-state index contributed by atoms with van der Waals surface area (Å²) in [5, 5.41) is 10.7. The lowest BCUT2D eigenvalue weighted by atomic mass is 10.0. The van der Waals surface area contributed by atoms with Gasteiger partial charge in [0.25, 0.3) is 0 Å². The monoisotopic (exact) mass is 210 g/mol. The molecule has 0 aliphatic heterocycles. The van der Waals surface area contributed by atoms with Crippen LogP contribution in [0.3, 0.4) is 0 Å². The van der Waals surface area contributed by atoms with Gasteiger partial charge in [0.2, 0.25) is 5.91 Å². The highest BCUT2D eigenvalue weighted by Gasteiger charge is 2.23. The van der Waals surface area contributed by atoms with E-state index in [1.807, 2.05) is 27.7 Å². The van der Waals surface area contributed by atoms with Crippen molar-refractivity contribution in [3.8, 4) is 0 Å². The first-order chi connectivity index (χ1) is 6.99. The standard InChI is InChI=1S/C10H18N4O/c1-6(10(15)11-5)8(3)14-9(4)7(2)12-13-14/h6,8H,1-5H3,(H,11,15). The van der Waals surface area contributed by atoms with Crippen molar-refractivity contribution in [2.24, 2.45) is 5.92 Å². The summed E-state index contributed by atoms with van der Waals surface area (Å²) in [5.74, 6) is -0.0927. The van der Waals surface area contributed by atoms with Gasteiger partial charge in [0, 0.05) is 7.05 Å². The lowest BCUT2D eigenvalue weighted by Gasteiger charge is -2.19. The molecule has 1 N–H and O–H groups in total. The number of amides is 1. The van der Waals surface area contributed by atoms with Crippen molar-refractivity contribution in [3.63, 3.8) is 0 Å². The Hall–Kier alpha value is -1.39. The van der Waals surface area contributed by atoms with Crippen molar-refractivity contribution < 1.29 is 4.79 Å². The first kappa shape index (κ1) is 11.7. The highest BCUT2D eigenvalue weighted by atomic mass is 16.1. The maximum atomic E-state index is 11.5. The molecule has 0 spiro atoms. The Morgan fingerprint density at radius 1 is 1.40 bits per heavy atom. The summed E-state index contributed by atoms with van der Waals surface area (Å²) in [6.07, 6.45) is 0. The van der Waals surface area contributed by atoms with Crippen LogP contribution in [0.5, 0.6) is 0 Å². The van der Waals surface area contributed by atoms with Gasteiger partial charge in [-0.1, -0.05) is 12.1 Å². The zero-order valence-electron chi connectivity index (χ0n) is 9.90. The topological polar surface area (TPSA) is 59.8 Å². The van der Waals surface area contributed by atoms with Crippen LogP contribution in [0.1, 0.15) is 31.3 Å². The van der Waals surface area contributed by atoms with E-state index in [4.69, 9.17) is 0 Å². The number of nitrogens with zero attached hydrogens (tertiary/aromatic N) is 3. The van der Waals surface area contributed by atoms with Gasteiger partial charge < -0.3 is 5.32 Å². The minimum atomic E-state index is -0.116. The van der Waals surface area contributed by atoms with E-state index in [2.05, 4.69) is 15.6 Å². The maximum Gasteiger partial charge on any atom is 0.224 e. The average Bonchev–Trinajstić information content (AvgIpc) is 2.56. The van der Waals surface area contributed by atoms with Crippen molar-refractivity contribution in [1.82, 2.24) is 20.3 Å². The van der Waals surface area contributed by atoms with Gasteiger partial charge in [0.05, 0.1) is 23.3 Å². The van der Waals surface area contributed by atoms with Crippen LogP contribution >= 0.6 is 0 Å². The number of carbonyl (C=O) groups excluding carboxylic acids is 1. The highest BCUT2D eigenvalue weighted by molar-refractivity contribution is 5.78. The van der Waals surface area contributed by atoms with Crippen molar-refractivity contribution in [3.05, 3.63) is 11.4 Å². The van der Waals surface area contributed by atoms with E-state index in [0.717, 1.165) is 11.4 Å². The second kappa shape index (κ2) is 4.42. The van der Waals surface area contributed by atoms with Crippen LogP contribution in [-0.4, -0.2) is 27.9 Å². The maximum absolute atomic E-state index is 11.5. The van der Waals surface area contributed by atoms with E-state index < -0.39 is 0 Å². The third kappa shape index (κ3) is 2.16. The molecule has 5 heteroatoms. The van der Waals surface area contributed by atoms with Crippen LogP contribution in [0, 0.1) is 19.8 Å². The summed E-state index contributed by atoms with van der Waals surface area (Å²) in [5.41, 5.74) is 1.92. The summed E-state index contributed by atoms with van der Waals surface area (Å²) in [6, 6.07) is 0.0196. The highest BCUT2D eigenvalue weighted by Crippen LogP contribution is 2.19. The molecule has 0 aromatic carbocycles. The molecule has 2 unspecified atom stereocenters. The van der Waals surface area contributed by atoms with Crippen LogP contribution in [0.2, 0.25) is 0 Å². The number of hydrogen-bond acceptors (Lipinski definition) is 3. The Labute approximate surface area is 89.9 Å². The lowest BCUT2D eigenvalue weighted by molar-refractivity contribution is -0.125. The van der Waals surface area contributed by atoms with Crippen LogP contribution in [0.25, 0.3) is 0 Å². The molecule has 5 nitrogen and oxygen atoms in total. The molecule has 0 aliphatic carbocycles. The molecule has 1 amide bonds. The van der Waals surface area contributed by atoms with Gasteiger partial charge in [0.15, 0.2) is 0 Å². The molecule has 0 fully saturated rings. The third-order valence-corrected chi connectivity index (χ3v) is 2.93. The normalized spacial score (nSPS) is 14.7. The molecule has 0 aliphatic rings. The first-order valence-electron chi connectivity index (χ1n) is 5.09. The average molecular weight is 210 g/mol. The SMILES string of the molecule is CNC(=O)C(C)C(C)n1nnc(C)c1C. The molecule has 15 heavy (non-hydrogen) atoms. The van der Waals surface area contributed by atoms with Crippen molar-refractivity contribution in [2.75, 3.05) is 7.05 Å². The number of carbonyl (C=O) groups is 1. The van der Waals surface area contributed by atoms with E-state index in [1.54, 1.807) is 11.7 Å². The zero-order chi connectivity index (χ0) is 11.6. The third-order valence-electron chi connectivity index (χ3n) is 2.93. The van der Waals surface area contributed by atoms with Crippen molar-refractivity contribution in [1.29, 1.82) is 0 Å². The molecule has 1 aromatic heterocycles. The largest absolute Gasteiger partial charge is 0.359 e. The van der Waals surface area contributed by atoms with Crippen LogP contribution in [0.4, 0.5) is 0 Å². The fourth-order valence-electron chi connectivity index (χ4n) is 1.47. The van der Waals surface area contributed by atoms with E-state index in [-0.39, 0.29) is 17.9 Å². The Morgan fingerprint density at radius 3 is 2.40 bits per heavy atom. The summed E-state index contributed by atoms with van der Waals surface area (Å²) >= 11 is 0. The number of aryl methyl sites for hydroxylation is 1. The van der Waals surface area contributed by atoms with E-state index >= 15 is 0 Å². The molecular weight excluding hydrogens is 192 g/mol. The number of rotatable bonds is 3. The number of aromatic nitrogens is 3. The van der Waals surface area contributed by atoms with Crippen molar-refractivity contribution >= 4 is 5.91 Å². The summed E-state index contributed by atoms with van der Waals surface area (Å²) in [6.45, 7) is 7.74. The minimum absolute atomic E-state index is 0.0196. The Balaban J connectivity index is 2.89. The summed E-state index contributed by atoms with van der Waals surface area (Å²) in [7, 11) is 1.64. The van der Waals surface area contributed by atoms with E-state index in [9.17, 15) is 4.79 Å². The van der Waals surface area contributed by atoms with E-state index in [0.29, 0.717) is 0 Å². The van der Waals surface area contributed by atoms with Crippen LogP contribution in [-0.2, 0) is 4.79 Å². The second-order valence-electron chi connectivity index (χ2n) is 3.85. The quantitative estimate of drug-likeness (QED) is 0.804. The zero-order valence-corrected chi connectivity index (χ0v) is 9.90. The number of hydrogen-bond donors (Lipinski definition) is 1. The van der Waals surface area contributed by atoms with Gasteiger partial charge in [-0.3, -0.25) is 4.79 Å². The Morgan fingerprint density at radius 2 is 2.00 bits per heavy atom. The van der Waals surface area contributed by atoms with Gasteiger partial charge in [0.1, 0.15) is 0 Å². The molecular formula is C10H18N4O. The van der Waals surface area contributed by atoms with Gasteiger partial charge in [-0.05, 0) is 20.8 Å². The van der Waals surface area contributed by atoms with Crippen LogP contribution < -0.4 is 5.32 Å². The summed E-state index contributed by atoms with van der Waals surface area (Å²) < 4.78 is 1.80. The van der Waals surface area contributed by atoms with Crippen LogP contribution in [0.15, 0.2) is 0 Å². The molecule has 1 rings (SSSR count). The van der Waals surface area contributed by atoms with Gasteiger partial charge in [-0.15, -0.1) is 5.10 Å². The Kier molecular flexibility index (Phi) is 3.44. The fraction of sp³-hybridized carbons (Fsp3) is 0.700. The lowest BCUT2D eigenvalue weighted by Crippen LogP contribution is -2.31. The molecule has 0 saturated heterocycles.